The van der Waals surface area contributed by atoms with Crippen molar-refractivity contribution in [1.29, 1.82) is 0 Å². The second kappa shape index (κ2) is 9.34. The smallest absolute Gasteiger partial charge is 0.280 e. The van der Waals surface area contributed by atoms with E-state index in [-0.39, 0.29) is 24.3 Å². The van der Waals surface area contributed by atoms with Gasteiger partial charge < -0.3 is 24.1 Å². The summed E-state index contributed by atoms with van der Waals surface area (Å²) in [5.41, 5.74) is 2.92. The third kappa shape index (κ3) is 4.46. The van der Waals surface area contributed by atoms with Gasteiger partial charge in [0.15, 0.2) is 23.0 Å². The second-order valence-electron chi connectivity index (χ2n) is 7.91. The molecule has 1 aromatic heterocycles. The molecule has 0 radical (unpaired) electrons. The highest BCUT2D eigenvalue weighted by Crippen LogP contribution is 2.37. The van der Waals surface area contributed by atoms with E-state index in [0.717, 1.165) is 5.56 Å². The summed E-state index contributed by atoms with van der Waals surface area (Å²) in [4.78, 5) is 31.4. The van der Waals surface area contributed by atoms with E-state index in [9.17, 15) is 9.59 Å². The Morgan fingerprint density at radius 2 is 1.69 bits per heavy atom. The van der Waals surface area contributed by atoms with Crippen LogP contribution in [0.15, 0.2) is 77.2 Å². The third-order valence-electron chi connectivity index (χ3n) is 5.55. The van der Waals surface area contributed by atoms with E-state index in [1.807, 2.05) is 43.3 Å². The summed E-state index contributed by atoms with van der Waals surface area (Å²) in [6.45, 7) is 3.90. The normalized spacial score (nSPS) is 11.8. The molecule has 0 atom stereocenters. The van der Waals surface area contributed by atoms with Gasteiger partial charge in [0, 0.05) is 42.0 Å². The maximum Gasteiger partial charge on any atom is 0.280 e. The van der Waals surface area contributed by atoms with Crippen molar-refractivity contribution in [2.75, 3.05) is 23.6 Å². The van der Waals surface area contributed by atoms with Crippen LogP contribution < -0.4 is 19.7 Å². The summed E-state index contributed by atoms with van der Waals surface area (Å²) in [5.74, 6) is 1.46. The van der Waals surface area contributed by atoms with Gasteiger partial charge in [0.1, 0.15) is 0 Å². The molecule has 35 heavy (non-hydrogen) atoms. The van der Waals surface area contributed by atoms with Gasteiger partial charge in [0.25, 0.3) is 5.91 Å². The molecule has 176 valence electrons. The lowest BCUT2D eigenvalue weighted by Crippen LogP contribution is -2.31. The summed E-state index contributed by atoms with van der Waals surface area (Å²) >= 11 is 0. The van der Waals surface area contributed by atoms with E-state index < -0.39 is 0 Å². The summed E-state index contributed by atoms with van der Waals surface area (Å²) in [7, 11) is 0. The van der Waals surface area contributed by atoms with Gasteiger partial charge in [0.05, 0.1) is 0 Å². The number of nitrogens with one attached hydrogen (secondary N) is 1. The maximum atomic E-state index is 13.8. The molecule has 0 saturated carbocycles. The van der Waals surface area contributed by atoms with E-state index in [1.165, 1.54) is 6.92 Å². The molecule has 2 heterocycles. The lowest BCUT2D eigenvalue weighted by molar-refractivity contribution is -0.114. The van der Waals surface area contributed by atoms with Crippen LogP contribution in [-0.2, 0) is 4.79 Å². The number of benzene rings is 3. The van der Waals surface area contributed by atoms with Crippen LogP contribution in [0, 0.1) is 0 Å². The van der Waals surface area contributed by atoms with Gasteiger partial charge in [-0.05, 0) is 55.5 Å². The first-order valence-corrected chi connectivity index (χ1v) is 11.2. The minimum Gasteiger partial charge on any atom is -0.454 e. The summed E-state index contributed by atoms with van der Waals surface area (Å²) < 4.78 is 17.0. The highest BCUT2D eigenvalue weighted by atomic mass is 16.7. The Hall–Kier alpha value is -4.59. The van der Waals surface area contributed by atoms with E-state index >= 15 is 0 Å². The molecule has 2 amide bonds. The van der Waals surface area contributed by atoms with E-state index in [0.29, 0.717) is 46.6 Å². The highest BCUT2D eigenvalue weighted by Gasteiger charge is 2.28. The minimum atomic E-state index is -0.307. The number of carbonyl (C=O) groups excluding carboxylic acids is 2. The fourth-order valence-corrected chi connectivity index (χ4v) is 3.90. The molecule has 0 saturated heterocycles. The Labute approximate surface area is 202 Å². The zero-order valence-electron chi connectivity index (χ0n) is 19.3. The van der Waals surface area contributed by atoms with Gasteiger partial charge in [-0.15, -0.1) is 0 Å². The number of amides is 2. The molecule has 0 bridgehead atoms. The number of hydrogen-bond acceptors (Lipinski definition) is 6. The molecular formula is C27H23N3O5. The van der Waals surface area contributed by atoms with Gasteiger partial charge in [-0.3, -0.25) is 9.59 Å². The van der Waals surface area contributed by atoms with E-state index in [2.05, 4.69) is 10.3 Å². The fourth-order valence-electron chi connectivity index (χ4n) is 3.90. The van der Waals surface area contributed by atoms with Crippen LogP contribution in [0.3, 0.4) is 0 Å². The van der Waals surface area contributed by atoms with Crippen LogP contribution in [0.2, 0.25) is 0 Å². The number of ether oxygens (including phenoxy) is 2. The quantitative estimate of drug-likeness (QED) is 0.408. The summed E-state index contributed by atoms with van der Waals surface area (Å²) in [6.07, 6.45) is 0. The standard InChI is InChI=1S/C27H23N3O5/c1-3-30(21-13-14-22-23(15-21)34-16-33-22)27(32)24-25(18-9-11-20(12-10-18)28-17(2)31)35-26(29-24)19-7-5-4-6-8-19/h4-15H,3,16H2,1-2H3,(H,28,31). The number of nitrogens with zero attached hydrogens (tertiary/aromatic N) is 2. The van der Waals surface area contributed by atoms with Crippen LogP contribution in [0.25, 0.3) is 22.8 Å². The van der Waals surface area contributed by atoms with E-state index in [4.69, 9.17) is 13.9 Å². The van der Waals surface area contributed by atoms with Gasteiger partial charge in [-0.25, -0.2) is 4.98 Å². The average Bonchev–Trinajstić information content (AvgIpc) is 3.52. The Morgan fingerprint density at radius 3 is 2.40 bits per heavy atom. The zero-order valence-corrected chi connectivity index (χ0v) is 19.3. The van der Waals surface area contributed by atoms with E-state index in [1.54, 1.807) is 41.3 Å². The van der Waals surface area contributed by atoms with Crippen molar-refractivity contribution in [3.05, 3.63) is 78.5 Å². The molecular weight excluding hydrogens is 446 g/mol. The highest BCUT2D eigenvalue weighted by molar-refractivity contribution is 6.08. The van der Waals surface area contributed by atoms with Gasteiger partial charge >= 0.3 is 0 Å². The second-order valence-corrected chi connectivity index (χ2v) is 7.91. The lowest BCUT2D eigenvalue weighted by Gasteiger charge is -2.20. The molecule has 0 spiro atoms. The number of aromatic nitrogens is 1. The molecule has 8 heteroatoms. The number of oxazole rings is 1. The molecule has 8 nitrogen and oxygen atoms in total. The number of hydrogen-bond donors (Lipinski definition) is 1. The fraction of sp³-hybridized carbons (Fsp3) is 0.148. The summed E-state index contributed by atoms with van der Waals surface area (Å²) in [5, 5.41) is 2.74. The topological polar surface area (TPSA) is 93.9 Å². The predicted molar refractivity (Wildman–Crippen MR) is 132 cm³/mol. The molecule has 1 aliphatic heterocycles. The number of rotatable bonds is 6. The third-order valence-corrected chi connectivity index (χ3v) is 5.55. The van der Waals surface area contributed by atoms with Crippen LogP contribution in [0.1, 0.15) is 24.3 Å². The molecule has 4 aromatic rings. The van der Waals surface area contributed by atoms with Crippen molar-refractivity contribution in [2.45, 2.75) is 13.8 Å². The first-order valence-electron chi connectivity index (χ1n) is 11.2. The Morgan fingerprint density at radius 1 is 0.943 bits per heavy atom. The van der Waals surface area contributed by atoms with Crippen molar-refractivity contribution < 1.29 is 23.5 Å². The minimum absolute atomic E-state index is 0.154. The Balaban J connectivity index is 1.56. The van der Waals surface area contributed by atoms with Crippen LogP contribution in [0.4, 0.5) is 11.4 Å². The Bertz CT molecular complexity index is 1380. The molecule has 0 aliphatic carbocycles. The van der Waals surface area contributed by atoms with Crippen molar-refractivity contribution in [1.82, 2.24) is 4.98 Å². The molecule has 5 rings (SSSR count). The first-order chi connectivity index (χ1) is 17.0. The predicted octanol–water partition coefficient (Wildman–Crippen LogP) is 5.36. The first kappa shape index (κ1) is 22.2. The van der Waals surface area contributed by atoms with Gasteiger partial charge in [-0.1, -0.05) is 18.2 Å². The maximum absolute atomic E-state index is 13.8. The molecule has 1 N–H and O–H groups in total. The van der Waals surface area contributed by atoms with Crippen LogP contribution >= 0.6 is 0 Å². The average molecular weight is 469 g/mol. The van der Waals surface area contributed by atoms with Crippen LogP contribution in [0.5, 0.6) is 11.5 Å². The van der Waals surface area contributed by atoms with Crippen molar-refractivity contribution in [2.24, 2.45) is 0 Å². The van der Waals surface area contributed by atoms with Gasteiger partial charge in [0.2, 0.25) is 18.6 Å². The SMILES string of the molecule is CCN(C(=O)c1nc(-c2ccccc2)oc1-c1ccc(NC(C)=O)cc1)c1ccc2c(c1)OCO2. The number of carbonyl (C=O) groups is 2. The molecule has 3 aromatic carbocycles. The zero-order chi connectivity index (χ0) is 24.4. The van der Waals surface area contributed by atoms with Crippen molar-refractivity contribution in [3.63, 3.8) is 0 Å². The monoisotopic (exact) mass is 469 g/mol. The van der Waals surface area contributed by atoms with Gasteiger partial charge in [-0.2, -0.15) is 0 Å². The number of fused-ring (bicyclic) bond motifs is 1. The molecule has 0 fully saturated rings. The van der Waals surface area contributed by atoms with Crippen molar-refractivity contribution >= 4 is 23.2 Å². The number of anilines is 2. The molecule has 1 aliphatic rings. The molecule has 0 unspecified atom stereocenters. The van der Waals surface area contributed by atoms with Crippen molar-refractivity contribution in [3.8, 4) is 34.3 Å². The Kier molecular flexibility index (Phi) is 5.93. The summed E-state index contributed by atoms with van der Waals surface area (Å²) in [6, 6.07) is 21.9. The van der Waals surface area contributed by atoms with Crippen LogP contribution in [-0.4, -0.2) is 30.1 Å². The largest absolute Gasteiger partial charge is 0.454 e. The lowest BCUT2D eigenvalue weighted by atomic mass is 10.1.